The van der Waals surface area contributed by atoms with Crippen LogP contribution in [-0.2, 0) is 19.3 Å². The Balaban J connectivity index is 1.98. The highest BCUT2D eigenvalue weighted by Crippen LogP contribution is 2.20. The summed E-state index contributed by atoms with van der Waals surface area (Å²) in [6.07, 6.45) is 2.97. The van der Waals surface area contributed by atoms with Crippen LogP contribution in [0.2, 0.25) is 5.02 Å². The van der Waals surface area contributed by atoms with Crippen LogP contribution in [0.1, 0.15) is 22.2 Å². The lowest BCUT2D eigenvalue weighted by atomic mass is 10.0. The molecule has 1 aromatic carbocycles. The zero-order chi connectivity index (χ0) is 13.7. The van der Waals surface area contributed by atoms with Gasteiger partial charge in [0.15, 0.2) is 0 Å². The van der Waals surface area contributed by atoms with Gasteiger partial charge in [0.05, 0.1) is 0 Å². The van der Waals surface area contributed by atoms with Crippen molar-refractivity contribution >= 4 is 22.9 Å². The summed E-state index contributed by atoms with van der Waals surface area (Å²) in [4.78, 5) is 2.81. The SMILES string of the molecule is CCc1ccc(CC(Cc2ccc(Cl)cc2)NN)s1. The Hall–Kier alpha value is -0.870. The van der Waals surface area contributed by atoms with E-state index in [4.69, 9.17) is 17.4 Å². The van der Waals surface area contributed by atoms with E-state index in [-0.39, 0.29) is 6.04 Å². The maximum absolute atomic E-state index is 5.89. The van der Waals surface area contributed by atoms with Gasteiger partial charge in [-0.3, -0.25) is 11.3 Å². The van der Waals surface area contributed by atoms with Crippen LogP contribution < -0.4 is 11.3 Å². The number of hydrogen-bond acceptors (Lipinski definition) is 3. The van der Waals surface area contributed by atoms with E-state index in [1.54, 1.807) is 0 Å². The molecule has 0 radical (unpaired) electrons. The van der Waals surface area contributed by atoms with E-state index in [1.807, 2.05) is 23.5 Å². The van der Waals surface area contributed by atoms with Crippen molar-refractivity contribution in [1.82, 2.24) is 5.43 Å². The van der Waals surface area contributed by atoms with Crippen LogP contribution in [0.5, 0.6) is 0 Å². The molecule has 0 fully saturated rings. The van der Waals surface area contributed by atoms with E-state index in [0.29, 0.717) is 0 Å². The smallest absolute Gasteiger partial charge is 0.0406 e. The van der Waals surface area contributed by atoms with Gasteiger partial charge in [-0.2, -0.15) is 0 Å². The van der Waals surface area contributed by atoms with Crippen molar-refractivity contribution < 1.29 is 0 Å². The van der Waals surface area contributed by atoms with Crippen molar-refractivity contribution in [2.45, 2.75) is 32.2 Å². The fourth-order valence-electron chi connectivity index (χ4n) is 2.06. The molecule has 4 heteroatoms. The predicted molar refractivity (Wildman–Crippen MR) is 83.7 cm³/mol. The van der Waals surface area contributed by atoms with E-state index < -0.39 is 0 Å². The van der Waals surface area contributed by atoms with E-state index in [0.717, 1.165) is 24.3 Å². The molecule has 1 heterocycles. The summed E-state index contributed by atoms with van der Waals surface area (Å²) in [5, 5.41) is 0.770. The lowest BCUT2D eigenvalue weighted by Gasteiger charge is -2.15. The average Bonchev–Trinajstić information content (AvgIpc) is 2.88. The molecule has 0 spiro atoms. The van der Waals surface area contributed by atoms with E-state index in [1.165, 1.54) is 15.3 Å². The van der Waals surface area contributed by atoms with Crippen molar-refractivity contribution in [1.29, 1.82) is 0 Å². The molecule has 0 aliphatic heterocycles. The molecule has 3 N–H and O–H groups in total. The molecule has 1 unspecified atom stereocenters. The fraction of sp³-hybridized carbons (Fsp3) is 0.333. The number of nitrogens with one attached hydrogen (secondary N) is 1. The summed E-state index contributed by atoms with van der Waals surface area (Å²) < 4.78 is 0. The third-order valence-electron chi connectivity index (χ3n) is 3.14. The Morgan fingerprint density at radius 2 is 1.79 bits per heavy atom. The Labute approximate surface area is 123 Å². The number of hydrogen-bond donors (Lipinski definition) is 2. The molecule has 0 saturated heterocycles. The maximum Gasteiger partial charge on any atom is 0.0406 e. The average molecular weight is 295 g/mol. The van der Waals surface area contributed by atoms with Crippen molar-refractivity contribution in [2.24, 2.45) is 5.84 Å². The first-order chi connectivity index (χ1) is 9.21. The first-order valence-corrected chi connectivity index (χ1v) is 7.69. The third-order valence-corrected chi connectivity index (χ3v) is 4.65. The van der Waals surface area contributed by atoms with Gasteiger partial charge >= 0.3 is 0 Å². The molecule has 19 heavy (non-hydrogen) atoms. The standard InChI is InChI=1S/C15H19ClN2S/c1-2-14-7-8-15(19-14)10-13(18-17)9-11-3-5-12(16)6-4-11/h3-8,13,18H,2,9-10,17H2,1H3. The highest BCUT2D eigenvalue weighted by atomic mass is 35.5. The van der Waals surface area contributed by atoms with Gasteiger partial charge in [-0.1, -0.05) is 30.7 Å². The molecule has 1 atom stereocenters. The minimum Gasteiger partial charge on any atom is -0.271 e. The van der Waals surface area contributed by atoms with Crippen molar-refractivity contribution in [3.63, 3.8) is 0 Å². The Kier molecular flexibility index (Phi) is 5.40. The number of hydrazine groups is 1. The summed E-state index contributed by atoms with van der Waals surface area (Å²) in [5.74, 6) is 5.67. The van der Waals surface area contributed by atoms with Crippen LogP contribution in [0.3, 0.4) is 0 Å². The monoisotopic (exact) mass is 294 g/mol. The van der Waals surface area contributed by atoms with Crippen LogP contribution in [0, 0.1) is 0 Å². The molecule has 0 saturated carbocycles. The molecule has 0 bridgehead atoms. The first kappa shape index (κ1) is 14.5. The fourth-order valence-corrected chi connectivity index (χ4v) is 3.22. The van der Waals surface area contributed by atoms with Gasteiger partial charge in [-0.25, -0.2) is 0 Å². The van der Waals surface area contributed by atoms with Gasteiger partial charge in [0.1, 0.15) is 0 Å². The van der Waals surface area contributed by atoms with Gasteiger partial charge in [-0.15, -0.1) is 11.3 Å². The lowest BCUT2D eigenvalue weighted by molar-refractivity contribution is 0.526. The first-order valence-electron chi connectivity index (χ1n) is 6.49. The molecule has 102 valence electrons. The van der Waals surface area contributed by atoms with E-state index in [2.05, 4.69) is 36.6 Å². The van der Waals surface area contributed by atoms with E-state index >= 15 is 0 Å². The number of nitrogens with two attached hydrogens (primary N) is 1. The second-order valence-corrected chi connectivity index (χ2v) is 6.31. The zero-order valence-electron chi connectivity index (χ0n) is 11.0. The lowest BCUT2D eigenvalue weighted by Crippen LogP contribution is -2.38. The Morgan fingerprint density at radius 3 is 2.37 bits per heavy atom. The minimum atomic E-state index is 0.254. The number of aryl methyl sites for hydroxylation is 1. The number of thiophene rings is 1. The predicted octanol–water partition coefficient (Wildman–Crippen LogP) is 3.58. The zero-order valence-corrected chi connectivity index (χ0v) is 12.6. The second-order valence-electron chi connectivity index (χ2n) is 4.62. The maximum atomic E-state index is 5.89. The molecule has 2 rings (SSSR count). The summed E-state index contributed by atoms with van der Waals surface area (Å²) >= 11 is 7.76. The van der Waals surface area contributed by atoms with Crippen molar-refractivity contribution in [3.8, 4) is 0 Å². The van der Waals surface area contributed by atoms with Crippen LogP contribution in [-0.4, -0.2) is 6.04 Å². The number of halogens is 1. The highest BCUT2D eigenvalue weighted by molar-refractivity contribution is 7.11. The van der Waals surface area contributed by atoms with Gasteiger partial charge < -0.3 is 0 Å². The van der Waals surface area contributed by atoms with Gasteiger partial charge in [0, 0.05) is 20.8 Å². The van der Waals surface area contributed by atoms with Gasteiger partial charge in [-0.05, 0) is 49.1 Å². The van der Waals surface area contributed by atoms with Gasteiger partial charge in [0.25, 0.3) is 0 Å². The van der Waals surface area contributed by atoms with Gasteiger partial charge in [0.2, 0.25) is 0 Å². The molecule has 2 aromatic rings. The molecule has 0 amide bonds. The van der Waals surface area contributed by atoms with Crippen molar-refractivity contribution in [2.75, 3.05) is 0 Å². The number of benzene rings is 1. The van der Waals surface area contributed by atoms with Crippen LogP contribution in [0.15, 0.2) is 36.4 Å². The largest absolute Gasteiger partial charge is 0.271 e. The summed E-state index contributed by atoms with van der Waals surface area (Å²) in [7, 11) is 0. The van der Waals surface area contributed by atoms with Crippen LogP contribution >= 0.6 is 22.9 Å². The Morgan fingerprint density at radius 1 is 1.11 bits per heavy atom. The van der Waals surface area contributed by atoms with Crippen LogP contribution in [0.25, 0.3) is 0 Å². The molecule has 1 aromatic heterocycles. The minimum absolute atomic E-state index is 0.254. The molecule has 0 aliphatic carbocycles. The Bertz CT molecular complexity index is 507. The summed E-state index contributed by atoms with van der Waals surface area (Å²) in [5.41, 5.74) is 4.16. The quantitative estimate of drug-likeness (QED) is 0.631. The molecule has 0 aliphatic rings. The van der Waals surface area contributed by atoms with Crippen LogP contribution in [0.4, 0.5) is 0 Å². The van der Waals surface area contributed by atoms with Crippen molar-refractivity contribution in [3.05, 3.63) is 56.7 Å². The normalized spacial score (nSPS) is 12.6. The highest BCUT2D eigenvalue weighted by Gasteiger charge is 2.10. The topological polar surface area (TPSA) is 38.0 Å². The summed E-state index contributed by atoms with van der Waals surface area (Å²) in [6.45, 7) is 2.18. The molecular weight excluding hydrogens is 276 g/mol. The summed E-state index contributed by atoms with van der Waals surface area (Å²) in [6, 6.07) is 12.6. The molecule has 2 nitrogen and oxygen atoms in total. The third kappa shape index (κ3) is 4.32. The second kappa shape index (κ2) is 7.06. The molecular formula is C15H19ClN2S. The van der Waals surface area contributed by atoms with E-state index in [9.17, 15) is 0 Å². The number of rotatable bonds is 6.